The van der Waals surface area contributed by atoms with Crippen molar-refractivity contribution < 1.29 is 18.5 Å². The van der Waals surface area contributed by atoms with Crippen LogP contribution in [0.4, 0.5) is 4.39 Å². The second-order valence-electron chi connectivity index (χ2n) is 8.64. The van der Waals surface area contributed by atoms with E-state index >= 15 is 0 Å². The van der Waals surface area contributed by atoms with Crippen molar-refractivity contribution in [2.45, 2.75) is 52.6 Å². The molecule has 1 aliphatic rings. The van der Waals surface area contributed by atoms with E-state index in [-0.39, 0.29) is 39.9 Å². The number of piperazine rings is 1. The lowest BCUT2D eigenvalue weighted by Crippen LogP contribution is -2.62. The van der Waals surface area contributed by atoms with Gasteiger partial charge in [0.2, 0.25) is 5.91 Å². The number of nitrogens with one attached hydrogen (secondary N) is 1. The average molecular weight is 436 g/mol. The summed E-state index contributed by atoms with van der Waals surface area (Å²) in [6, 6.07) is 4.89. The van der Waals surface area contributed by atoms with E-state index in [1.54, 1.807) is 4.90 Å². The lowest BCUT2D eigenvalue weighted by molar-refractivity contribution is -0.130. The quantitative estimate of drug-likeness (QED) is 0.723. The van der Waals surface area contributed by atoms with Gasteiger partial charge in [-0.3, -0.25) is 9.59 Å². The number of nitrogens with zero attached hydrogens (tertiary/aromatic N) is 2. The van der Waals surface area contributed by atoms with Gasteiger partial charge in [0.15, 0.2) is 11.5 Å². The molecule has 2 amide bonds. The summed E-state index contributed by atoms with van der Waals surface area (Å²) in [7, 11) is 0. The summed E-state index contributed by atoms with van der Waals surface area (Å²) in [6.07, 6.45) is 1.31. The van der Waals surface area contributed by atoms with E-state index in [4.69, 9.17) is 16.1 Å². The fourth-order valence-corrected chi connectivity index (χ4v) is 3.96. The van der Waals surface area contributed by atoms with Crippen LogP contribution in [-0.2, 0) is 4.79 Å². The third-order valence-electron chi connectivity index (χ3n) is 5.08. The predicted octanol–water partition coefficient (Wildman–Crippen LogP) is 4.54. The molecule has 162 valence electrons. The van der Waals surface area contributed by atoms with Crippen LogP contribution in [0.3, 0.4) is 0 Å². The minimum absolute atomic E-state index is 0.0473. The highest BCUT2D eigenvalue weighted by molar-refractivity contribution is 6.30. The topological polar surface area (TPSA) is 75.4 Å². The summed E-state index contributed by atoms with van der Waals surface area (Å²) in [5.74, 6) is -0.373. The Morgan fingerprint density at radius 1 is 1.27 bits per heavy atom. The zero-order valence-electron chi connectivity index (χ0n) is 17.6. The van der Waals surface area contributed by atoms with E-state index in [0.717, 1.165) is 6.42 Å². The molecule has 0 bridgehead atoms. The van der Waals surface area contributed by atoms with E-state index in [9.17, 15) is 14.0 Å². The molecule has 0 aliphatic carbocycles. The molecule has 2 unspecified atom stereocenters. The van der Waals surface area contributed by atoms with E-state index in [1.165, 1.54) is 24.3 Å². The van der Waals surface area contributed by atoms with Gasteiger partial charge < -0.3 is 14.7 Å². The van der Waals surface area contributed by atoms with Crippen LogP contribution >= 0.6 is 11.6 Å². The largest absolute Gasteiger partial charge is 0.355 e. The van der Waals surface area contributed by atoms with Crippen molar-refractivity contribution in [1.29, 1.82) is 0 Å². The minimum Gasteiger partial charge on any atom is -0.355 e. The summed E-state index contributed by atoms with van der Waals surface area (Å²) < 4.78 is 19.4. The molecule has 2 atom stereocenters. The fraction of sp³-hybridized carbons (Fsp3) is 0.500. The first-order valence-corrected chi connectivity index (χ1v) is 10.6. The van der Waals surface area contributed by atoms with Crippen molar-refractivity contribution in [1.82, 2.24) is 15.4 Å². The number of amides is 2. The Morgan fingerprint density at radius 2 is 1.97 bits per heavy atom. The molecule has 1 aromatic heterocycles. The molecule has 1 aliphatic heterocycles. The maximum absolute atomic E-state index is 14.2. The van der Waals surface area contributed by atoms with Gasteiger partial charge in [-0.05, 0) is 42.9 Å². The summed E-state index contributed by atoms with van der Waals surface area (Å²) in [6.45, 7) is 8.56. The third-order valence-corrected chi connectivity index (χ3v) is 5.31. The predicted molar refractivity (Wildman–Crippen MR) is 113 cm³/mol. The molecule has 1 fully saturated rings. The van der Waals surface area contributed by atoms with Gasteiger partial charge in [0.05, 0.1) is 5.56 Å². The molecule has 2 aromatic rings. The first-order valence-electron chi connectivity index (χ1n) is 10.2. The van der Waals surface area contributed by atoms with E-state index in [2.05, 4.69) is 24.3 Å². The number of benzene rings is 1. The zero-order chi connectivity index (χ0) is 22.0. The fourth-order valence-electron chi connectivity index (χ4n) is 3.80. The molecule has 8 heteroatoms. The first-order chi connectivity index (χ1) is 14.2. The third kappa shape index (κ3) is 5.01. The van der Waals surface area contributed by atoms with Crippen molar-refractivity contribution in [2.24, 2.45) is 11.8 Å². The first kappa shape index (κ1) is 22.3. The Morgan fingerprint density at radius 3 is 2.60 bits per heavy atom. The molecule has 1 saturated heterocycles. The van der Waals surface area contributed by atoms with Crippen LogP contribution in [0.25, 0.3) is 11.3 Å². The van der Waals surface area contributed by atoms with Crippen LogP contribution in [0.5, 0.6) is 0 Å². The van der Waals surface area contributed by atoms with E-state index < -0.39 is 17.8 Å². The maximum atomic E-state index is 14.2. The van der Waals surface area contributed by atoms with Crippen molar-refractivity contribution in [3.05, 3.63) is 40.8 Å². The second-order valence-corrected chi connectivity index (χ2v) is 9.07. The SMILES string of the molecule is CC(C)CC1CN(C(=O)c2cc(-c3ccc(Cl)cc3F)on2)C(CC(C)C)C(=O)N1. The van der Waals surface area contributed by atoms with Gasteiger partial charge >= 0.3 is 0 Å². The van der Waals surface area contributed by atoms with E-state index in [1.807, 2.05) is 13.8 Å². The smallest absolute Gasteiger partial charge is 0.276 e. The lowest BCUT2D eigenvalue weighted by atomic mass is 9.94. The summed E-state index contributed by atoms with van der Waals surface area (Å²) >= 11 is 5.80. The number of carbonyl (C=O) groups is 2. The Bertz CT molecular complexity index is 928. The highest BCUT2D eigenvalue weighted by Gasteiger charge is 2.39. The van der Waals surface area contributed by atoms with Gasteiger partial charge in [-0.2, -0.15) is 0 Å². The molecule has 1 N–H and O–H groups in total. The molecule has 0 radical (unpaired) electrons. The Labute approximate surface area is 180 Å². The maximum Gasteiger partial charge on any atom is 0.276 e. The van der Waals surface area contributed by atoms with Gasteiger partial charge in [0.25, 0.3) is 5.91 Å². The number of aromatic nitrogens is 1. The molecule has 2 heterocycles. The Hall–Kier alpha value is -2.41. The standard InChI is InChI=1S/C22H27ClFN3O3/c1-12(2)7-15-11-27(19(8-13(3)4)21(28)25-15)22(29)18-10-20(30-26-18)16-6-5-14(23)9-17(16)24/h5-6,9-10,12-13,15,19H,7-8,11H2,1-4H3,(H,25,28). The van der Waals surface area contributed by atoms with Gasteiger partial charge in [-0.25, -0.2) is 4.39 Å². The molecule has 0 spiro atoms. The van der Waals surface area contributed by atoms with Crippen molar-refractivity contribution in [3.8, 4) is 11.3 Å². The van der Waals surface area contributed by atoms with Gasteiger partial charge in [0.1, 0.15) is 11.9 Å². The van der Waals surface area contributed by atoms with E-state index in [0.29, 0.717) is 18.9 Å². The number of hydrogen-bond acceptors (Lipinski definition) is 4. The molecular weight excluding hydrogens is 409 g/mol. The molecule has 30 heavy (non-hydrogen) atoms. The highest BCUT2D eigenvalue weighted by Crippen LogP contribution is 2.27. The van der Waals surface area contributed by atoms with Crippen molar-refractivity contribution in [3.63, 3.8) is 0 Å². The minimum atomic E-state index is -0.576. The van der Waals surface area contributed by atoms with Crippen LogP contribution in [0.2, 0.25) is 5.02 Å². The molecule has 0 saturated carbocycles. The van der Waals surface area contributed by atoms with Crippen molar-refractivity contribution in [2.75, 3.05) is 6.54 Å². The average Bonchev–Trinajstić information content (AvgIpc) is 3.12. The van der Waals surface area contributed by atoms with Crippen LogP contribution in [0.15, 0.2) is 28.8 Å². The number of rotatable bonds is 6. The highest BCUT2D eigenvalue weighted by atomic mass is 35.5. The van der Waals surface area contributed by atoms with Crippen molar-refractivity contribution >= 4 is 23.4 Å². The normalized spacial score (nSPS) is 19.5. The lowest BCUT2D eigenvalue weighted by Gasteiger charge is -2.40. The number of halogens is 2. The monoisotopic (exact) mass is 435 g/mol. The molecule has 1 aromatic carbocycles. The Balaban J connectivity index is 1.88. The van der Waals surface area contributed by atoms with Gasteiger partial charge in [0, 0.05) is 23.7 Å². The van der Waals surface area contributed by atoms with Gasteiger partial charge in [-0.15, -0.1) is 0 Å². The number of carbonyl (C=O) groups excluding carboxylic acids is 2. The second kappa shape index (κ2) is 9.16. The zero-order valence-corrected chi connectivity index (χ0v) is 18.4. The summed E-state index contributed by atoms with van der Waals surface area (Å²) in [4.78, 5) is 27.6. The Kier molecular flexibility index (Phi) is 6.81. The van der Waals surface area contributed by atoms with Crippen LogP contribution in [0.1, 0.15) is 51.0 Å². The van der Waals surface area contributed by atoms with Crippen LogP contribution in [0, 0.1) is 17.7 Å². The van der Waals surface area contributed by atoms with Crippen LogP contribution < -0.4 is 5.32 Å². The molecule has 6 nitrogen and oxygen atoms in total. The molecule has 3 rings (SSSR count). The summed E-state index contributed by atoms with van der Waals surface area (Å²) in [5.41, 5.74) is 0.213. The summed E-state index contributed by atoms with van der Waals surface area (Å²) in [5, 5.41) is 7.17. The van der Waals surface area contributed by atoms with Crippen LogP contribution in [-0.4, -0.2) is 40.5 Å². The number of hydrogen-bond donors (Lipinski definition) is 1. The molecular formula is C22H27ClFN3O3. The van der Waals surface area contributed by atoms with Gasteiger partial charge in [-0.1, -0.05) is 44.5 Å².